The van der Waals surface area contributed by atoms with Gasteiger partial charge in [0.25, 0.3) is 0 Å². The molecule has 2 aromatic rings. The lowest BCUT2D eigenvalue weighted by Crippen LogP contribution is -2.42. The minimum atomic E-state index is -0.136. The molecule has 1 spiro atoms. The lowest BCUT2D eigenvalue weighted by atomic mass is 9.77. The molecule has 0 aliphatic carbocycles. The van der Waals surface area contributed by atoms with Crippen molar-refractivity contribution in [3.05, 3.63) is 36.4 Å². The minimum Gasteiger partial charge on any atom is -0.466 e. The van der Waals surface area contributed by atoms with Gasteiger partial charge in [0.1, 0.15) is 11.6 Å². The number of hydrogen-bond acceptors (Lipinski definition) is 7. The number of H-pyrrole nitrogens is 1. The van der Waals surface area contributed by atoms with Crippen LogP contribution in [0.15, 0.2) is 24.8 Å². The van der Waals surface area contributed by atoms with Gasteiger partial charge in [-0.15, -0.1) is 0 Å². The Balaban J connectivity index is 1.25. The molecule has 2 fully saturated rings. The number of aromatic amines is 1. The highest BCUT2D eigenvalue weighted by Gasteiger charge is 2.40. The van der Waals surface area contributed by atoms with E-state index in [1.54, 1.807) is 6.20 Å². The summed E-state index contributed by atoms with van der Waals surface area (Å²) in [6.07, 6.45) is 14.7. The number of ether oxygens (including phenoxy) is 1. The Kier molecular flexibility index (Phi) is 10.8. The van der Waals surface area contributed by atoms with Crippen LogP contribution in [-0.4, -0.2) is 87.7 Å². The summed E-state index contributed by atoms with van der Waals surface area (Å²) in [5.74, 6) is 2.59. The lowest BCUT2D eigenvalue weighted by molar-refractivity contribution is -0.143. The molecule has 9 nitrogen and oxygen atoms in total. The van der Waals surface area contributed by atoms with Gasteiger partial charge in [-0.1, -0.05) is 13.8 Å². The van der Waals surface area contributed by atoms with Gasteiger partial charge in [-0.25, -0.2) is 9.97 Å². The number of carbonyl (C=O) groups is 1. The molecule has 0 saturated carbocycles. The van der Waals surface area contributed by atoms with E-state index in [2.05, 4.69) is 49.7 Å². The van der Waals surface area contributed by atoms with Crippen molar-refractivity contribution in [3.8, 4) is 0 Å². The average molecular weight is 528 g/mol. The van der Waals surface area contributed by atoms with Crippen LogP contribution < -0.4 is 5.32 Å². The second-order valence-electron chi connectivity index (χ2n) is 11.7. The first-order valence-corrected chi connectivity index (χ1v) is 14.8. The SMILES string of the molecule is CCOC(=O)CCCNC(Cc1ncc[nH]1)c1nccn1CCCN1CCC2(CCN(CC(C)C)CC2)C1. The van der Waals surface area contributed by atoms with Crippen molar-refractivity contribution in [2.45, 2.75) is 78.3 Å². The number of esters is 1. The third-order valence-corrected chi connectivity index (χ3v) is 8.20. The van der Waals surface area contributed by atoms with Crippen molar-refractivity contribution in [3.63, 3.8) is 0 Å². The van der Waals surface area contributed by atoms with Crippen LogP contribution in [0.5, 0.6) is 0 Å². The van der Waals surface area contributed by atoms with Gasteiger partial charge in [-0.2, -0.15) is 0 Å². The molecule has 2 aliphatic heterocycles. The maximum Gasteiger partial charge on any atom is 0.305 e. The number of carbonyl (C=O) groups excluding carboxylic acids is 1. The summed E-state index contributed by atoms with van der Waals surface area (Å²) in [4.78, 5) is 29.5. The molecule has 2 N–H and O–H groups in total. The van der Waals surface area contributed by atoms with Crippen LogP contribution in [-0.2, 0) is 22.5 Å². The molecule has 0 amide bonds. The van der Waals surface area contributed by atoms with Crippen LogP contribution in [0.1, 0.15) is 77.0 Å². The van der Waals surface area contributed by atoms with Crippen LogP contribution in [0.4, 0.5) is 0 Å². The normalized spacial score (nSPS) is 18.9. The van der Waals surface area contributed by atoms with Gasteiger partial charge >= 0.3 is 5.97 Å². The highest BCUT2D eigenvalue weighted by Crippen LogP contribution is 2.40. The zero-order chi connectivity index (χ0) is 26.8. The topological polar surface area (TPSA) is 91.3 Å². The van der Waals surface area contributed by atoms with Crippen LogP contribution in [0, 0.1) is 11.3 Å². The molecule has 2 saturated heterocycles. The molecule has 0 bridgehead atoms. The Bertz CT molecular complexity index is 950. The fourth-order valence-electron chi connectivity index (χ4n) is 6.24. The van der Waals surface area contributed by atoms with Gasteiger partial charge < -0.3 is 29.4 Å². The van der Waals surface area contributed by atoms with E-state index < -0.39 is 0 Å². The van der Waals surface area contributed by atoms with Gasteiger partial charge in [0.05, 0.1) is 12.6 Å². The molecule has 212 valence electrons. The largest absolute Gasteiger partial charge is 0.466 e. The summed E-state index contributed by atoms with van der Waals surface area (Å²) >= 11 is 0. The lowest BCUT2D eigenvalue weighted by Gasteiger charge is -2.40. The van der Waals surface area contributed by atoms with E-state index in [9.17, 15) is 4.79 Å². The number of likely N-dealkylation sites (tertiary alicyclic amines) is 2. The molecule has 9 heteroatoms. The maximum absolute atomic E-state index is 11.7. The third-order valence-electron chi connectivity index (χ3n) is 8.20. The smallest absolute Gasteiger partial charge is 0.305 e. The van der Waals surface area contributed by atoms with Gasteiger partial charge in [0.2, 0.25) is 0 Å². The van der Waals surface area contributed by atoms with E-state index in [1.807, 2.05) is 19.3 Å². The van der Waals surface area contributed by atoms with E-state index in [0.29, 0.717) is 18.4 Å². The Labute approximate surface area is 228 Å². The molecule has 4 rings (SSSR count). The van der Waals surface area contributed by atoms with Gasteiger partial charge in [-0.05, 0) is 83.1 Å². The standard InChI is InChI=1S/C29H49N7O2/c1-4-38-27(37)7-5-11-30-25(21-26-31-12-13-32-26)28-33-14-20-36(28)16-6-15-35-19-10-29(23-35)8-17-34(18-9-29)22-24(2)3/h12-14,20,24-25,30H,4-11,15-19,21-23H2,1-3H3,(H,31,32). The van der Waals surface area contributed by atoms with Crippen molar-refractivity contribution < 1.29 is 9.53 Å². The number of imidazole rings is 2. The van der Waals surface area contributed by atoms with Crippen molar-refractivity contribution in [1.82, 2.24) is 34.6 Å². The first-order valence-electron chi connectivity index (χ1n) is 14.8. The minimum absolute atomic E-state index is 0.0319. The average Bonchev–Trinajstić information content (AvgIpc) is 3.65. The number of nitrogens with one attached hydrogen (secondary N) is 2. The highest BCUT2D eigenvalue weighted by atomic mass is 16.5. The number of rotatable bonds is 15. The van der Waals surface area contributed by atoms with E-state index in [0.717, 1.165) is 56.5 Å². The Morgan fingerprint density at radius 3 is 2.61 bits per heavy atom. The zero-order valence-corrected chi connectivity index (χ0v) is 23.8. The predicted molar refractivity (Wildman–Crippen MR) is 150 cm³/mol. The third kappa shape index (κ3) is 8.38. The fourth-order valence-corrected chi connectivity index (χ4v) is 6.24. The predicted octanol–water partition coefficient (Wildman–Crippen LogP) is 3.66. The Morgan fingerprint density at radius 1 is 1.11 bits per heavy atom. The van der Waals surface area contributed by atoms with E-state index in [4.69, 9.17) is 9.72 Å². The Hall–Kier alpha value is -2.23. The second-order valence-corrected chi connectivity index (χ2v) is 11.7. The molecule has 2 aromatic heterocycles. The molecular formula is C29H49N7O2. The van der Waals surface area contributed by atoms with E-state index in [-0.39, 0.29) is 12.0 Å². The monoisotopic (exact) mass is 527 g/mol. The van der Waals surface area contributed by atoms with Gasteiger partial charge in [0.15, 0.2) is 0 Å². The zero-order valence-electron chi connectivity index (χ0n) is 23.8. The van der Waals surface area contributed by atoms with Gasteiger partial charge in [0, 0.05) is 57.3 Å². The summed E-state index contributed by atoms with van der Waals surface area (Å²) in [5.41, 5.74) is 0.551. The summed E-state index contributed by atoms with van der Waals surface area (Å²) < 4.78 is 7.36. The number of hydrogen-bond donors (Lipinski definition) is 2. The highest BCUT2D eigenvalue weighted by molar-refractivity contribution is 5.69. The van der Waals surface area contributed by atoms with Crippen molar-refractivity contribution in [2.24, 2.45) is 11.3 Å². The Morgan fingerprint density at radius 2 is 1.89 bits per heavy atom. The molecule has 2 aliphatic rings. The summed E-state index contributed by atoms with van der Waals surface area (Å²) in [7, 11) is 0. The first kappa shape index (κ1) is 28.8. The summed E-state index contributed by atoms with van der Waals surface area (Å²) in [6, 6.07) is 0.0319. The molecule has 1 unspecified atom stereocenters. The number of nitrogens with zero attached hydrogens (tertiary/aromatic N) is 5. The molecule has 4 heterocycles. The van der Waals surface area contributed by atoms with Crippen molar-refractivity contribution >= 4 is 5.97 Å². The quantitative estimate of drug-likeness (QED) is 0.270. The van der Waals surface area contributed by atoms with Crippen LogP contribution in [0.2, 0.25) is 0 Å². The van der Waals surface area contributed by atoms with E-state index in [1.165, 1.54) is 52.0 Å². The van der Waals surface area contributed by atoms with E-state index >= 15 is 0 Å². The molecular weight excluding hydrogens is 478 g/mol. The van der Waals surface area contributed by atoms with Crippen LogP contribution in [0.3, 0.4) is 0 Å². The van der Waals surface area contributed by atoms with Crippen LogP contribution >= 0.6 is 0 Å². The molecule has 0 radical (unpaired) electrons. The van der Waals surface area contributed by atoms with Gasteiger partial charge in [-0.3, -0.25) is 4.79 Å². The number of piperidine rings is 1. The first-order chi connectivity index (χ1) is 18.5. The van der Waals surface area contributed by atoms with Crippen molar-refractivity contribution in [1.29, 1.82) is 0 Å². The summed E-state index contributed by atoms with van der Waals surface area (Å²) in [5, 5.41) is 3.62. The molecule has 0 aromatic carbocycles. The number of aromatic nitrogens is 4. The number of aryl methyl sites for hydroxylation is 1. The molecule has 38 heavy (non-hydrogen) atoms. The van der Waals surface area contributed by atoms with Crippen LogP contribution in [0.25, 0.3) is 0 Å². The van der Waals surface area contributed by atoms with Crippen molar-refractivity contribution in [2.75, 3.05) is 52.4 Å². The summed E-state index contributed by atoms with van der Waals surface area (Å²) in [6.45, 7) is 16.0. The second kappa shape index (κ2) is 14.2. The fraction of sp³-hybridized carbons (Fsp3) is 0.759. The maximum atomic E-state index is 11.7. The molecule has 1 atom stereocenters.